The van der Waals surface area contributed by atoms with E-state index in [-0.39, 0.29) is 0 Å². The Kier molecular flexibility index (Phi) is 3.80. The van der Waals surface area contributed by atoms with Crippen LogP contribution in [0.15, 0.2) is 23.6 Å². The van der Waals surface area contributed by atoms with Crippen LogP contribution in [0, 0.1) is 3.70 Å². The minimum atomic E-state index is 0.789. The van der Waals surface area contributed by atoms with E-state index in [1.165, 1.54) is 0 Å². The van der Waals surface area contributed by atoms with Crippen molar-refractivity contribution in [1.82, 2.24) is 19.7 Å². The van der Waals surface area contributed by atoms with Gasteiger partial charge in [-0.05, 0) is 41.8 Å². The molecule has 0 spiro atoms. The summed E-state index contributed by atoms with van der Waals surface area (Å²) in [5.74, 6) is 0. The maximum atomic E-state index is 4.46. The summed E-state index contributed by atoms with van der Waals surface area (Å²) >= 11 is 3.84. The minimum Gasteiger partial charge on any atom is -0.259 e. The lowest BCUT2D eigenvalue weighted by Crippen LogP contribution is -1.98. The molecule has 84 valence electrons. The van der Waals surface area contributed by atoms with Crippen molar-refractivity contribution in [2.45, 2.75) is 18.6 Å². The lowest BCUT2D eigenvalue weighted by atomic mass is 10.2. The third-order valence-electron chi connectivity index (χ3n) is 2.17. The van der Waals surface area contributed by atoms with Gasteiger partial charge >= 0.3 is 0 Å². The molecule has 2 aromatic heterocycles. The van der Waals surface area contributed by atoms with Gasteiger partial charge in [0.25, 0.3) is 0 Å². The first kappa shape index (κ1) is 11.8. The van der Waals surface area contributed by atoms with Gasteiger partial charge in [-0.3, -0.25) is 4.68 Å². The summed E-state index contributed by atoms with van der Waals surface area (Å²) in [7, 11) is 0. The van der Waals surface area contributed by atoms with E-state index in [1.807, 2.05) is 23.2 Å². The van der Waals surface area contributed by atoms with Crippen molar-refractivity contribution in [1.29, 1.82) is 0 Å². The number of hydrogen-bond donors (Lipinski definition) is 0. The number of aromatic nitrogens is 4. The molecule has 16 heavy (non-hydrogen) atoms. The molecule has 0 radical (unpaired) electrons. The third-order valence-corrected chi connectivity index (χ3v) is 3.87. The summed E-state index contributed by atoms with van der Waals surface area (Å²) in [6, 6.07) is 1.92. The van der Waals surface area contributed by atoms with E-state index < -0.39 is 0 Å². The predicted molar refractivity (Wildman–Crippen MR) is 73.4 cm³/mol. The molecule has 4 nitrogen and oxygen atoms in total. The summed E-state index contributed by atoms with van der Waals surface area (Å²) in [5, 5.41) is 5.10. The van der Waals surface area contributed by atoms with E-state index in [1.54, 1.807) is 18.0 Å². The van der Waals surface area contributed by atoms with E-state index >= 15 is 0 Å². The highest BCUT2D eigenvalue weighted by atomic mass is 127. The van der Waals surface area contributed by atoms with Gasteiger partial charge in [-0.25, -0.2) is 9.97 Å². The van der Waals surface area contributed by atoms with Crippen LogP contribution in [0.3, 0.4) is 0 Å². The molecule has 0 aliphatic carbocycles. The second-order valence-electron chi connectivity index (χ2n) is 3.09. The van der Waals surface area contributed by atoms with E-state index in [0.29, 0.717) is 0 Å². The van der Waals surface area contributed by atoms with Crippen molar-refractivity contribution in [3.05, 3.63) is 22.2 Å². The molecule has 0 N–H and O–H groups in total. The zero-order valence-corrected chi connectivity index (χ0v) is 12.0. The lowest BCUT2D eigenvalue weighted by Gasteiger charge is -2.01. The lowest BCUT2D eigenvalue weighted by molar-refractivity contribution is 0.644. The SMILES string of the molecule is CCn1ncc(-c2ccnc(SC)n2)c1I. The Morgan fingerprint density at radius 3 is 2.94 bits per heavy atom. The fourth-order valence-corrected chi connectivity index (χ4v) is 2.59. The highest BCUT2D eigenvalue weighted by molar-refractivity contribution is 14.1. The van der Waals surface area contributed by atoms with E-state index in [9.17, 15) is 0 Å². The van der Waals surface area contributed by atoms with Gasteiger partial charge in [0.15, 0.2) is 5.16 Å². The average Bonchev–Trinajstić information content (AvgIpc) is 2.70. The number of thioether (sulfide) groups is 1. The van der Waals surface area contributed by atoms with Crippen LogP contribution < -0.4 is 0 Å². The molecule has 0 saturated carbocycles. The molecule has 2 rings (SSSR count). The molecule has 0 aliphatic rings. The molecule has 0 fully saturated rings. The third kappa shape index (κ3) is 2.22. The molecule has 0 aliphatic heterocycles. The van der Waals surface area contributed by atoms with Crippen LogP contribution >= 0.6 is 34.4 Å². The van der Waals surface area contributed by atoms with Crippen molar-refractivity contribution in [2.75, 3.05) is 6.26 Å². The number of hydrogen-bond acceptors (Lipinski definition) is 4. The molecule has 0 saturated heterocycles. The Morgan fingerprint density at radius 2 is 2.31 bits per heavy atom. The number of halogens is 1. The molecule has 0 atom stereocenters. The van der Waals surface area contributed by atoms with Gasteiger partial charge in [-0.2, -0.15) is 5.10 Å². The van der Waals surface area contributed by atoms with Crippen molar-refractivity contribution in [3.63, 3.8) is 0 Å². The Morgan fingerprint density at radius 1 is 1.50 bits per heavy atom. The van der Waals surface area contributed by atoms with Gasteiger partial charge in [-0.1, -0.05) is 11.8 Å². The van der Waals surface area contributed by atoms with E-state index in [0.717, 1.165) is 26.7 Å². The number of nitrogens with zero attached hydrogens (tertiary/aromatic N) is 4. The smallest absolute Gasteiger partial charge is 0.187 e. The average molecular weight is 346 g/mol. The van der Waals surface area contributed by atoms with Gasteiger partial charge in [0.05, 0.1) is 17.5 Å². The maximum Gasteiger partial charge on any atom is 0.187 e. The molecule has 6 heteroatoms. The summed E-state index contributed by atoms with van der Waals surface area (Å²) in [5.41, 5.74) is 2.00. The molecule has 0 aromatic carbocycles. The van der Waals surface area contributed by atoms with Crippen molar-refractivity contribution in [3.8, 4) is 11.3 Å². The van der Waals surface area contributed by atoms with Crippen molar-refractivity contribution in [2.24, 2.45) is 0 Å². The predicted octanol–water partition coefficient (Wildman–Crippen LogP) is 2.69. The highest BCUT2D eigenvalue weighted by Crippen LogP contribution is 2.24. The molecule has 2 heterocycles. The Labute approximate surface area is 112 Å². The van der Waals surface area contributed by atoms with Gasteiger partial charge in [0.2, 0.25) is 0 Å². The van der Waals surface area contributed by atoms with Gasteiger partial charge < -0.3 is 0 Å². The first-order valence-electron chi connectivity index (χ1n) is 4.85. The van der Waals surface area contributed by atoms with Crippen molar-refractivity contribution >= 4 is 34.4 Å². The molecule has 0 amide bonds. The quantitative estimate of drug-likeness (QED) is 0.487. The standard InChI is InChI=1S/C10H11IN4S/c1-3-15-9(11)7(6-13-15)8-4-5-12-10(14-8)16-2/h4-6H,3H2,1-2H3. The molecule has 2 aromatic rings. The largest absolute Gasteiger partial charge is 0.259 e. The summed E-state index contributed by atoms with van der Waals surface area (Å²) in [6.45, 7) is 2.95. The van der Waals surface area contributed by atoms with Crippen LogP contribution in [-0.4, -0.2) is 26.0 Å². The Balaban J connectivity index is 2.45. The Bertz CT molecular complexity index is 497. The molecule has 0 bridgehead atoms. The van der Waals surface area contributed by atoms with E-state index in [2.05, 4.69) is 44.6 Å². The van der Waals surface area contributed by atoms with E-state index in [4.69, 9.17) is 0 Å². The zero-order chi connectivity index (χ0) is 11.5. The highest BCUT2D eigenvalue weighted by Gasteiger charge is 2.10. The maximum absolute atomic E-state index is 4.46. The van der Waals surface area contributed by atoms with Crippen LogP contribution in [-0.2, 0) is 6.54 Å². The van der Waals surface area contributed by atoms with Gasteiger partial charge in [0, 0.05) is 12.7 Å². The number of rotatable bonds is 3. The van der Waals surface area contributed by atoms with Crippen LogP contribution in [0.1, 0.15) is 6.92 Å². The monoisotopic (exact) mass is 346 g/mol. The summed E-state index contributed by atoms with van der Waals surface area (Å²) in [4.78, 5) is 8.63. The molecular weight excluding hydrogens is 335 g/mol. The first-order valence-corrected chi connectivity index (χ1v) is 7.15. The van der Waals surface area contributed by atoms with Crippen LogP contribution in [0.25, 0.3) is 11.3 Å². The number of aryl methyl sites for hydroxylation is 1. The van der Waals surface area contributed by atoms with Crippen LogP contribution in [0.2, 0.25) is 0 Å². The summed E-state index contributed by atoms with van der Waals surface area (Å²) in [6.07, 6.45) is 5.62. The topological polar surface area (TPSA) is 43.6 Å². The Hall–Kier alpha value is -0.630. The fraction of sp³-hybridized carbons (Fsp3) is 0.300. The first-order chi connectivity index (χ1) is 7.76. The van der Waals surface area contributed by atoms with Crippen LogP contribution in [0.4, 0.5) is 0 Å². The summed E-state index contributed by atoms with van der Waals surface area (Å²) < 4.78 is 3.07. The fourth-order valence-electron chi connectivity index (χ4n) is 1.35. The zero-order valence-electron chi connectivity index (χ0n) is 9.01. The van der Waals surface area contributed by atoms with Gasteiger partial charge in [-0.15, -0.1) is 0 Å². The second-order valence-corrected chi connectivity index (χ2v) is 4.89. The second kappa shape index (κ2) is 5.13. The minimum absolute atomic E-state index is 0.789. The molecule has 0 unspecified atom stereocenters. The normalized spacial score (nSPS) is 10.7. The van der Waals surface area contributed by atoms with Gasteiger partial charge in [0.1, 0.15) is 3.70 Å². The van der Waals surface area contributed by atoms with Crippen LogP contribution in [0.5, 0.6) is 0 Å². The van der Waals surface area contributed by atoms with Crippen molar-refractivity contribution < 1.29 is 0 Å². The molecular formula is C10H11IN4S.